The van der Waals surface area contributed by atoms with Crippen LogP contribution in [0.15, 0.2) is 30.3 Å². The number of unbranched alkanes of at least 4 members (excludes halogenated alkanes) is 1. The Morgan fingerprint density at radius 1 is 1.25 bits per heavy atom. The molecule has 16 heavy (non-hydrogen) atoms. The molecule has 2 heteroatoms. The Hall–Kier alpha value is -0.860. The average molecular weight is 220 g/mol. The van der Waals surface area contributed by atoms with E-state index >= 15 is 0 Å². The molecule has 0 saturated heterocycles. The van der Waals surface area contributed by atoms with E-state index in [1.165, 1.54) is 18.4 Å². The first kappa shape index (κ1) is 13.2. The number of likely N-dealkylation sites (N-methyl/N-ethyl adjacent to an activating group) is 1. The van der Waals surface area contributed by atoms with Gasteiger partial charge < -0.3 is 5.73 Å². The van der Waals surface area contributed by atoms with E-state index in [0.717, 1.165) is 6.54 Å². The Balaban J connectivity index is 2.75. The highest BCUT2D eigenvalue weighted by molar-refractivity contribution is 5.20. The summed E-state index contributed by atoms with van der Waals surface area (Å²) in [5, 5.41) is 0. The molecule has 0 fully saturated rings. The van der Waals surface area contributed by atoms with E-state index in [-0.39, 0.29) is 6.04 Å². The molecule has 0 saturated carbocycles. The number of nitrogens with two attached hydrogens (primary N) is 1. The van der Waals surface area contributed by atoms with E-state index in [0.29, 0.717) is 6.04 Å². The van der Waals surface area contributed by atoms with Gasteiger partial charge in [0.2, 0.25) is 0 Å². The second-order valence-corrected chi connectivity index (χ2v) is 4.55. The Bertz CT molecular complexity index is 282. The summed E-state index contributed by atoms with van der Waals surface area (Å²) in [4.78, 5) is 2.36. The monoisotopic (exact) mass is 220 g/mol. The average Bonchev–Trinajstić information content (AvgIpc) is 2.27. The molecule has 2 atom stereocenters. The number of hydrogen-bond acceptors (Lipinski definition) is 2. The smallest absolute Gasteiger partial charge is 0.0493 e. The SMILES string of the molecule is CCCCN(C)C(c1ccccc1)C(C)N. The van der Waals surface area contributed by atoms with Crippen LogP contribution in [0.25, 0.3) is 0 Å². The number of rotatable bonds is 6. The first-order valence-electron chi connectivity index (χ1n) is 6.17. The molecule has 1 aromatic rings. The fraction of sp³-hybridized carbons (Fsp3) is 0.571. The minimum atomic E-state index is 0.157. The van der Waals surface area contributed by atoms with Gasteiger partial charge >= 0.3 is 0 Å². The van der Waals surface area contributed by atoms with Crippen molar-refractivity contribution in [1.29, 1.82) is 0 Å². The molecular weight excluding hydrogens is 196 g/mol. The highest BCUT2D eigenvalue weighted by atomic mass is 15.1. The quantitative estimate of drug-likeness (QED) is 0.798. The Labute approximate surface area is 99.5 Å². The largest absolute Gasteiger partial charge is 0.326 e. The molecule has 0 aromatic heterocycles. The molecule has 2 N–H and O–H groups in total. The second kappa shape index (κ2) is 6.66. The highest BCUT2D eigenvalue weighted by Crippen LogP contribution is 2.22. The van der Waals surface area contributed by atoms with E-state index < -0.39 is 0 Å². The summed E-state index contributed by atoms with van der Waals surface area (Å²) in [5.74, 6) is 0. The van der Waals surface area contributed by atoms with Crippen LogP contribution in [0.1, 0.15) is 38.3 Å². The molecule has 0 aliphatic heterocycles. The first-order chi connectivity index (χ1) is 7.66. The summed E-state index contributed by atoms with van der Waals surface area (Å²) in [6.45, 7) is 5.41. The molecule has 1 rings (SSSR count). The summed E-state index contributed by atoms with van der Waals surface area (Å²) in [6.07, 6.45) is 2.46. The topological polar surface area (TPSA) is 29.3 Å². The summed E-state index contributed by atoms with van der Waals surface area (Å²) in [7, 11) is 2.16. The van der Waals surface area contributed by atoms with Crippen LogP contribution < -0.4 is 5.73 Å². The summed E-state index contributed by atoms with van der Waals surface area (Å²) >= 11 is 0. The first-order valence-corrected chi connectivity index (χ1v) is 6.17. The standard InChI is InChI=1S/C14H24N2/c1-4-5-11-16(3)14(12(2)15)13-9-7-6-8-10-13/h6-10,12,14H,4-5,11,15H2,1-3H3. The van der Waals surface area contributed by atoms with E-state index in [1.54, 1.807) is 0 Å². The van der Waals surface area contributed by atoms with Gasteiger partial charge in [0.05, 0.1) is 0 Å². The zero-order valence-electron chi connectivity index (χ0n) is 10.7. The molecule has 0 spiro atoms. The number of hydrogen-bond donors (Lipinski definition) is 1. The van der Waals surface area contributed by atoms with Gasteiger partial charge in [-0.05, 0) is 32.5 Å². The van der Waals surface area contributed by atoms with Crippen LogP contribution in [-0.2, 0) is 0 Å². The molecule has 0 amide bonds. The van der Waals surface area contributed by atoms with Gasteiger partial charge in [0.1, 0.15) is 0 Å². The van der Waals surface area contributed by atoms with Crippen LogP contribution in [0.5, 0.6) is 0 Å². The van der Waals surface area contributed by atoms with Crippen molar-refractivity contribution in [2.45, 2.75) is 38.8 Å². The maximum atomic E-state index is 6.10. The van der Waals surface area contributed by atoms with Crippen LogP contribution in [0, 0.1) is 0 Å². The molecule has 0 bridgehead atoms. The molecule has 90 valence electrons. The van der Waals surface area contributed by atoms with Crippen molar-refractivity contribution < 1.29 is 0 Å². The predicted octanol–water partition coefficient (Wildman–Crippen LogP) is 2.81. The van der Waals surface area contributed by atoms with E-state index in [2.05, 4.69) is 50.1 Å². The van der Waals surface area contributed by atoms with Crippen LogP contribution in [-0.4, -0.2) is 24.5 Å². The van der Waals surface area contributed by atoms with Gasteiger partial charge in [-0.25, -0.2) is 0 Å². The molecule has 0 heterocycles. The van der Waals surface area contributed by atoms with Crippen molar-refractivity contribution in [3.63, 3.8) is 0 Å². The zero-order chi connectivity index (χ0) is 12.0. The Morgan fingerprint density at radius 2 is 1.88 bits per heavy atom. The minimum Gasteiger partial charge on any atom is -0.326 e. The minimum absolute atomic E-state index is 0.157. The maximum Gasteiger partial charge on any atom is 0.0493 e. The Kier molecular flexibility index (Phi) is 5.50. The third-order valence-electron chi connectivity index (χ3n) is 2.98. The molecule has 2 unspecified atom stereocenters. The van der Waals surface area contributed by atoms with Crippen molar-refractivity contribution in [1.82, 2.24) is 4.90 Å². The van der Waals surface area contributed by atoms with Gasteiger partial charge in [-0.2, -0.15) is 0 Å². The van der Waals surface area contributed by atoms with Gasteiger partial charge in [-0.1, -0.05) is 43.7 Å². The van der Waals surface area contributed by atoms with Crippen LogP contribution >= 0.6 is 0 Å². The summed E-state index contributed by atoms with van der Waals surface area (Å²) in [5.41, 5.74) is 7.42. The molecule has 1 aromatic carbocycles. The maximum absolute atomic E-state index is 6.10. The van der Waals surface area contributed by atoms with Crippen molar-refractivity contribution >= 4 is 0 Å². The van der Waals surface area contributed by atoms with Crippen LogP contribution in [0.2, 0.25) is 0 Å². The van der Waals surface area contributed by atoms with E-state index in [4.69, 9.17) is 5.73 Å². The second-order valence-electron chi connectivity index (χ2n) is 4.55. The zero-order valence-corrected chi connectivity index (χ0v) is 10.7. The van der Waals surface area contributed by atoms with Gasteiger partial charge in [0.25, 0.3) is 0 Å². The fourth-order valence-corrected chi connectivity index (χ4v) is 2.16. The predicted molar refractivity (Wildman–Crippen MR) is 70.4 cm³/mol. The van der Waals surface area contributed by atoms with Gasteiger partial charge in [0.15, 0.2) is 0 Å². The lowest BCUT2D eigenvalue weighted by atomic mass is 9.99. The lowest BCUT2D eigenvalue weighted by Crippen LogP contribution is -2.37. The van der Waals surface area contributed by atoms with Crippen molar-refractivity contribution in [2.75, 3.05) is 13.6 Å². The third kappa shape index (κ3) is 3.62. The summed E-state index contributed by atoms with van der Waals surface area (Å²) in [6, 6.07) is 11.0. The fourth-order valence-electron chi connectivity index (χ4n) is 2.16. The van der Waals surface area contributed by atoms with Crippen LogP contribution in [0.3, 0.4) is 0 Å². The number of nitrogens with zero attached hydrogens (tertiary/aromatic N) is 1. The molecule has 0 aliphatic carbocycles. The molecule has 0 aliphatic rings. The summed E-state index contributed by atoms with van der Waals surface area (Å²) < 4.78 is 0. The lowest BCUT2D eigenvalue weighted by Gasteiger charge is -2.31. The van der Waals surface area contributed by atoms with Gasteiger partial charge in [0, 0.05) is 12.1 Å². The third-order valence-corrected chi connectivity index (χ3v) is 2.98. The Morgan fingerprint density at radius 3 is 2.38 bits per heavy atom. The van der Waals surface area contributed by atoms with Crippen LogP contribution in [0.4, 0.5) is 0 Å². The van der Waals surface area contributed by atoms with Crippen molar-refractivity contribution in [3.8, 4) is 0 Å². The number of benzene rings is 1. The molecule has 0 radical (unpaired) electrons. The normalized spacial score (nSPS) is 15.1. The lowest BCUT2D eigenvalue weighted by molar-refractivity contribution is 0.216. The molecule has 2 nitrogen and oxygen atoms in total. The van der Waals surface area contributed by atoms with E-state index in [9.17, 15) is 0 Å². The molecular formula is C14H24N2. The van der Waals surface area contributed by atoms with E-state index in [1.807, 2.05) is 6.07 Å². The van der Waals surface area contributed by atoms with Crippen molar-refractivity contribution in [3.05, 3.63) is 35.9 Å². The van der Waals surface area contributed by atoms with Gasteiger partial charge in [-0.15, -0.1) is 0 Å². The van der Waals surface area contributed by atoms with Gasteiger partial charge in [-0.3, -0.25) is 4.90 Å². The highest BCUT2D eigenvalue weighted by Gasteiger charge is 2.20. The van der Waals surface area contributed by atoms with Crippen molar-refractivity contribution in [2.24, 2.45) is 5.73 Å².